The minimum atomic E-state index is -3.12. The summed E-state index contributed by atoms with van der Waals surface area (Å²) in [5.41, 5.74) is 1.16. The van der Waals surface area contributed by atoms with Crippen LogP contribution in [0.25, 0.3) is 0 Å². The Morgan fingerprint density at radius 3 is 2.64 bits per heavy atom. The fraction of sp³-hybridized carbons (Fsp3) is 0.421. The van der Waals surface area contributed by atoms with Crippen LogP contribution in [0.2, 0.25) is 0 Å². The fourth-order valence-electron chi connectivity index (χ4n) is 3.51. The molecule has 1 heterocycles. The molecule has 0 spiro atoms. The Labute approximate surface area is 153 Å². The SMILES string of the molecule is CS(=O)(=O)Cc1cccc(C(=O)NC(c2cccs2)C2CCCC2)c1. The summed E-state index contributed by atoms with van der Waals surface area (Å²) < 4.78 is 23.0. The normalized spacial score (nSPS) is 16.7. The number of nitrogens with one attached hydrogen (secondary N) is 1. The Balaban J connectivity index is 1.78. The van der Waals surface area contributed by atoms with Gasteiger partial charge in [0, 0.05) is 16.7 Å². The molecular weight excluding hydrogens is 354 g/mol. The Bertz CT molecular complexity index is 822. The van der Waals surface area contributed by atoms with E-state index in [2.05, 4.69) is 11.4 Å². The van der Waals surface area contributed by atoms with E-state index in [0.29, 0.717) is 17.0 Å². The largest absolute Gasteiger partial charge is 0.344 e. The molecule has 6 heteroatoms. The van der Waals surface area contributed by atoms with Gasteiger partial charge in [-0.2, -0.15) is 0 Å². The van der Waals surface area contributed by atoms with Crippen molar-refractivity contribution in [3.05, 3.63) is 57.8 Å². The fourth-order valence-corrected chi connectivity index (χ4v) is 5.16. The molecule has 0 radical (unpaired) electrons. The van der Waals surface area contributed by atoms with Crippen molar-refractivity contribution < 1.29 is 13.2 Å². The van der Waals surface area contributed by atoms with Gasteiger partial charge in [-0.25, -0.2) is 8.42 Å². The first-order valence-corrected chi connectivity index (χ1v) is 11.5. The van der Waals surface area contributed by atoms with Gasteiger partial charge in [-0.1, -0.05) is 31.0 Å². The molecule has 1 aliphatic carbocycles. The highest BCUT2D eigenvalue weighted by molar-refractivity contribution is 7.89. The molecule has 1 amide bonds. The molecule has 25 heavy (non-hydrogen) atoms. The Kier molecular flexibility index (Phi) is 5.59. The Morgan fingerprint density at radius 1 is 1.24 bits per heavy atom. The van der Waals surface area contributed by atoms with E-state index in [-0.39, 0.29) is 17.7 Å². The van der Waals surface area contributed by atoms with Gasteiger partial charge in [0.2, 0.25) is 0 Å². The van der Waals surface area contributed by atoms with Crippen LogP contribution in [0.1, 0.15) is 52.5 Å². The lowest BCUT2D eigenvalue weighted by Gasteiger charge is -2.24. The molecule has 1 unspecified atom stereocenters. The summed E-state index contributed by atoms with van der Waals surface area (Å²) >= 11 is 1.67. The Hall–Kier alpha value is -1.66. The second-order valence-electron chi connectivity index (χ2n) is 6.78. The zero-order valence-corrected chi connectivity index (χ0v) is 15.9. The molecule has 134 valence electrons. The lowest BCUT2D eigenvalue weighted by atomic mass is 9.96. The average molecular weight is 378 g/mol. The van der Waals surface area contributed by atoms with Crippen molar-refractivity contribution in [1.29, 1.82) is 0 Å². The van der Waals surface area contributed by atoms with Crippen molar-refractivity contribution in [2.24, 2.45) is 5.92 Å². The van der Waals surface area contributed by atoms with E-state index >= 15 is 0 Å². The lowest BCUT2D eigenvalue weighted by Crippen LogP contribution is -2.32. The molecule has 1 aliphatic rings. The monoisotopic (exact) mass is 377 g/mol. The molecule has 1 aromatic heterocycles. The highest BCUT2D eigenvalue weighted by Gasteiger charge is 2.28. The standard InChI is InChI=1S/C19H23NO3S2/c1-25(22,23)13-14-6-4-9-16(12-14)19(21)20-18(15-7-2-3-8-15)17-10-5-11-24-17/h4-6,9-12,15,18H,2-3,7-8,13H2,1H3,(H,20,21). The lowest BCUT2D eigenvalue weighted by molar-refractivity contribution is 0.0922. The van der Waals surface area contributed by atoms with Gasteiger partial charge in [0.1, 0.15) is 0 Å². The average Bonchev–Trinajstić information content (AvgIpc) is 3.24. The van der Waals surface area contributed by atoms with E-state index in [1.165, 1.54) is 24.0 Å². The summed E-state index contributed by atoms with van der Waals surface area (Å²) in [6.45, 7) is 0. The number of thiophene rings is 1. The molecule has 4 nitrogen and oxygen atoms in total. The van der Waals surface area contributed by atoms with Gasteiger partial charge in [-0.05, 0) is 47.9 Å². The summed E-state index contributed by atoms with van der Waals surface area (Å²) in [4.78, 5) is 14.0. The quantitative estimate of drug-likeness (QED) is 0.829. The zero-order chi connectivity index (χ0) is 17.9. The van der Waals surface area contributed by atoms with Gasteiger partial charge >= 0.3 is 0 Å². The Morgan fingerprint density at radius 2 is 2.00 bits per heavy atom. The smallest absolute Gasteiger partial charge is 0.251 e. The molecule has 0 aliphatic heterocycles. The molecule has 1 aromatic carbocycles. The number of benzene rings is 1. The predicted octanol–water partition coefficient (Wildman–Crippen LogP) is 3.95. The van der Waals surface area contributed by atoms with E-state index in [4.69, 9.17) is 0 Å². The summed E-state index contributed by atoms with van der Waals surface area (Å²) in [5, 5.41) is 5.23. The summed E-state index contributed by atoms with van der Waals surface area (Å²) in [5.74, 6) is 0.285. The first kappa shape index (κ1) is 18.1. The second-order valence-corrected chi connectivity index (χ2v) is 9.90. The number of sulfone groups is 1. The minimum absolute atomic E-state index is 0.0357. The van der Waals surface area contributed by atoms with Crippen LogP contribution in [0.4, 0.5) is 0 Å². The third kappa shape index (κ3) is 4.92. The van der Waals surface area contributed by atoms with E-state index in [9.17, 15) is 13.2 Å². The van der Waals surface area contributed by atoms with Crippen molar-refractivity contribution in [1.82, 2.24) is 5.32 Å². The van der Waals surface area contributed by atoms with Crippen LogP contribution in [0.15, 0.2) is 41.8 Å². The number of carbonyl (C=O) groups excluding carboxylic acids is 1. The van der Waals surface area contributed by atoms with Crippen LogP contribution in [-0.4, -0.2) is 20.6 Å². The minimum Gasteiger partial charge on any atom is -0.344 e. The van der Waals surface area contributed by atoms with Crippen LogP contribution < -0.4 is 5.32 Å². The van der Waals surface area contributed by atoms with Crippen molar-refractivity contribution >= 4 is 27.1 Å². The van der Waals surface area contributed by atoms with Crippen molar-refractivity contribution in [2.45, 2.75) is 37.5 Å². The van der Waals surface area contributed by atoms with Crippen molar-refractivity contribution in [2.75, 3.05) is 6.26 Å². The number of amides is 1. The van der Waals surface area contributed by atoms with Gasteiger partial charge in [-0.15, -0.1) is 11.3 Å². The van der Waals surface area contributed by atoms with Gasteiger partial charge in [0.05, 0.1) is 11.8 Å². The molecule has 1 N–H and O–H groups in total. The highest BCUT2D eigenvalue weighted by atomic mass is 32.2. The first-order valence-electron chi connectivity index (χ1n) is 8.53. The molecule has 0 bridgehead atoms. The van der Waals surface area contributed by atoms with Crippen LogP contribution in [0, 0.1) is 5.92 Å². The van der Waals surface area contributed by atoms with Crippen LogP contribution in [0.5, 0.6) is 0 Å². The molecule has 2 aromatic rings. The van der Waals surface area contributed by atoms with Gasteiger partial charge in [-0.3, -0.25) is 4.79 Å². The van der Waals surface area contributed by atoms with E-state index in [1.807, 2.05) is 11.4 Å². The number of hydrogen-bond donors (Lipinski definition) is 1. The summed E-state index contributed by atoms with van der Waals surface area (Å²) in [7, 11) is -3.12. The van der Waals surface area contributed by atoms with Gasteiger partial charge < -0.3 is 5.32 Å². The second kappa shape index (κ2) is 7.70. The van der Waals surface area contributed by atoms with Crippen LogP contribution in [-0.2, 0) is 15.6 Å². The molecule has 1 saturated carbocycles. The maximum Gasteiger partial charge on any atom is 0.251 e. The van der Waals surface area contributed by atoms with Gasteiger partial charge in [0.15, 0.2) is 9.84 Å². The maximum atomic E-state index is 12.8. The van der Waals surface area contributed by atoms with Crippen LogP contribution in [0.3, 0.4) is 0 Å². The van der Waals surface area contributed by atoms with E-state index in [0.717, 1.165) is 12.8 Å². The molecule has 1 atom stereocenters. The highest BCUT2D eigenvalue weighted by Crippen LogP contribution is 2.37. The van der Waals surface area contributed by atoms with Gasteiger partial charge in [0.25, 0.3) is 5.91 Å². The zero-order valence-electron chi connectivity index (χ0n) is 14.3. The maximum absolute atomic E-state index is 12.8. The third-order valence-electron chi connectivity index (χ3n) is 4.63. The topological polar surface area (TPSA) is 63.2 Å². The summed E-state index contributed by atoms with van der Waals surface area (Å²) in [6, 6.07) is 11.0. The predicted molar refractivity (Wildman–Crippen MR) is 101 cm³/mol. The summed E-state index contributed by atoms with van der Waals surface area (Å²) in [6.07, 6.45) is 5.90. The van der Waals surface area contributed by atoms with E-state index in [1.54, 1.807) is 35.6 Å². The van der Waals surface area contributed by atoms with Crippen molar-refractivity contribution in [3.63, 3.8) is 0 Å². The number of hydrogen-bond acceptors (Lipinski definition) is 4. The molecule has 3 rings (SSSR count). The third-order valence-corrected chi connectivity index (χ3v) is 6.44. The van der Waals surface area contributed by atoms with Crippen molar-refractivity contribution in [3.8, 4) is 0 Å². The first-order chi connectivity index (χ1) is 11.9. The van der Waals surface area contributed by atoms with E-state index < -0.39 is 9.84 Å². The van der Waals surface area contributed by atoms with Crippen LogP contribution >= 0.6 is 11.3 Å². The molecular formula is C19H23NO3S2. The number of rotatable bonds is 6. The molecule has 1 fully saturated rings. The number of carbonyl (C=O) groups is 1. The molecule has 0 saturated heterocycles.